The van der Waals surface area contributed by atoms with Crippen LogP contribution in [-0.2, 0) is 7.05 Å². The van der Waals surface area contributed by atoms with E-state index >= 15 is 0 Å². The molecule has 0 saturated heterocycles. The van der Waals surface area contributed by atoms with E-state index in [1.165, 1.54) is 23.1 Å². The van der Waals surface area contributed by atoms with E-state index in [4.69, 9.17) is 11.6 Å². The Morgan fingerprint density at radius 2 is 2.46 bits per heavy atom. The molecule has 13 heavy (non-hydrogen) atoms. The lowest BCUT2D eigenvalue weighted by Gasteiger charge is -1.93. The van der Waals surface area contributed by atoms with Gasteiger partial charge in [-0.3, -0.25) is 0 Å². The fourth-order valence-corrected chi connectivity index (χ4v) is 2.71. The highest BCUT2D eigenvalue weighted by atomic mass is 35.5. The summed E-state index contributed by atoms with van der Waals surface area (Å²) in [5.41, 5.74) is 0. The van der Waals surface area contributed by atoms with Crippen molar-refractivity contribution >= 4 is 34.7 Å². The molecule has 0 aliphatic rings. The molecule has 2 rings (SSSR count). The molecule has 2 aromatic heterocycles. The van der Waals surface area contributed by atoms with Crippen molar-refractivity contribution < 1.29 is 0 Å². The lowest BCUT2D eigenvalue weighted by atomic mass is 11.0. The van der Waals surface area contributed by atoms with Crippen LogP contribution in [0.2, 0.25) is 4.34 Å². The monoisotopic (exact) mass is 232 g/mol. The van der Waals surface area contributed by atoms with E-state index in [1.54, 1.807) is 12.5 Å². The number of rotatable bonds is 2. The van der Waals surface area contributed by atoms with Crippen molar-refractivity contribution in [3.8, 4) is 0 Å². The molecule has 0 saturated carbocycles. The first-order valence-corrected chi connectivity index (χ1v) is 5.40. The predicted octanol–water partition coefficient (Wildman–Crippen LogP) is 2.08. The van der Waals surface area contributed by atoms with Crippen molar-refractivity contribution in [2.45, 2.75) is 9.50 Å². The Labute approximate surface area is 88.0 Å². The van der Waals surface area contributed by atoms with Gasteiger partial charge in [0.25, 0.3) is 0 Å². The molecule has 0 amide bonds. The van der Waals surface area contributed by atoms with Crippen molar-refractivity contribution in [3.63, 3.8) is 0 Å². The van der Waals surface area contributed by atoms with Crippen LogP contribution in [0.1, 0.15) is 0 Å². The van der Waals surface area contributed by atoms with Crippen LogP contribution < -0.4 is 0 Å². The second-order valence-corrected chi connectivity index (χ2v) is 5.13. The summed E-state index contributed by atoms with van der Waals surface area (Å²) in [6, 6.07) is 0. The third-order valence-corrected chi connectivity index (χ3v) is 3.55. The Hall–Kier alpha value is -0.590. The van der Waals surface area contributed by atoms with Crippen LogP contribution in [0.25, 0.3) is 0 Å². The van der Waals surface area contributed by atoms with Gasteiger partial charge in [-0.1, -0.05) is 22.9 Å². The molecule has 0 aliphatic heterocycles. The minimum atomic E-state index is 0.685. The van der Waals surface area contributed by atoms with Crippen LogP contribution in [-0.4, -0.2) is 19.7 Å². The largest absolute Gasteiger partial charge is 0.311 e. The van der Waals surface area contributed by atoms with Crippen LogP contribution in [0.5, 0.6) is 0 Å². The molecule has 68 valence electrons. The first-order chi connectivity index (χ1) is 6.25. The molecular formula is C6H5ClN4S2. The third-order valence-electron chi connectivity index (χ3n) is 1.30. The van der Waals surface area contributed by atoms with Crippen molar-refractivity contribution in [1.82, 2.24) is 19.7 Å². The number of nitrogens with zero attached hydrogens (tertiary/aromatic N) is 4. The quantitative estimate of drug-likeness (QED) is 0.795. The molecule has 0 fully saturated rings. The van der Waals surface area contributed by atoms with Crippen molar-refractivity contribution in [2.75, 3.05) is 0 Å². The maximum Gasteiger partial charge on any atom is 0.197 e. The molecule has 0 aliphatic carbocycles. The molecule has 0 N–H and O–H groups in total. The predicted molar refractivity (Wildman–Crippen MR) is 52.3 cm³/mol. The van der Waals surface area contributed by atoms with E-state index < -0.39 is 0 Å². The molecule has 4 nitrogen and oxygen atoms in total. The van der Waals surface area contributed by atoms with Crippen LogP contribution >= 0.6 is 34.7 Å². The molecule has 2 aromatic rings. The second kappa shape index (κ2) is 3.65. The lowest BCUT2D eigenvalue weighted by Crippen LogP contribution is -1.87. The van der Waals surface area contributed by atoms with Gasteiger partial charge < -0.3 is 4.57 Å². The molecule has 0 bridgehead atoms. The normalized spacial score (nSPS) is 10.6. The zero-order valence-electron chi connectivity index (χ0n) is 6.64. The number of aromatic nitrogens is 4. The molecular weight excluding hydrogens is 228 g/mol. The van der Waals surface area contributed by atoms with Crippen molar-refractivity contribution in [1.29, 1.82) is 0 Å². The van der Waals surface area contributed by atoms with Crippen LogP contribution in [0.4, 0.5) is 0 Å². The van der Waals surface area contributed by atoms with E-state index in [0.29, 0.717) is 4.34 Å². The first kappa shape index (κ1) is 8.98. The van der Waals surface area contributed by atoms with Gasteiger partial charge in [0, 0.05) is 7.05 Å². The molecule has 7 heteroatoms. The Bertz CT molecular complexity index is 410. The molecule has 0 spiro atoms. The van der Waals surface area contributed by atoms with E-state index in [9.17, 15) is 0 Å². The zero-order valence-corrected chi connectivity index (χ0v) is 9.03. The Morgan fingerprint density at radius 3 is 3.00 bits per heavy atom. The SMILES string of the molecule is Cn1cnnc1Sc1ncc(Cl)s1. The van der Waals surface area contributed by atoms with E-state index in [2.05, 4.69) is 15.2 Å². The summed E-state index contributed by atoms with van der Waals surface area (Å²) in [7, 11) is 1.89. The summed E-state index contributed by atoms with van der Waals surface area (Å²) in [6.07, 6.45) is 3.28. The fraction of sp³-hybridized carbons (Fsp3) is 0.167. The second-order valence-electron chi connectivity index (χ2n) is 2.26. The van der Waals surface area contributed by atoms with Gasteiger partial charge in [-0.05, 0) is 11.8 Å². The molecule has 0 aromatic carbocycles. The Balaban J connectivity index is 2.19. The average molecular weight is 233 g/mol. The maximum absolute atomic E-state index is 5.74. The topological polar surface area (TPSA) is 43.6 Å². The number of aryl methyl sites for hydroxylation is 1. The van der Waals surface area contributed by atoms with Gasteiger partial charge in [0.2, 0.25) is 0 Å². The van der Waals surface area contributed by atoms with Gasteiger partial charge in [0.1, 0.15) is 10.7 Å². The average Bonchev–Trinajstić information content (AvgIpc) is 2.64. The van der Waals surface area contributed by atoms with E-state index in [-0.39, 0.29) is 0 Å². The van der Waals surface area contributed by atoms with E-state index in [0.717, 1.165) is 9.50 Å². The molecule has 0 atom stereocenters. The maximum atomic E-state index is 5.74. The standard InChI is InChI=1S/C6H5ClN4S2/c1-11-3-9-10-5(11)13-6-8-2-4(7)12-6/h2-3H,1H3. The van der Waals surface area contributed by atoms with Gasteiger partial charge >= 0.3 is 0 Å². The number of thiazole rings is 1. The van der Waals surface area contributed by atoms with Crippen LogP contribution in [0, 0.1) is 0 Å². The number of hydrogen-bond acceptors (Lipinski definition) is 5. The minimum absolute atomic E-state index is 0.685. The van der Waals surface area contributed by atoms with Crippen molar-refractivity contribution in [2.24, 2.45) is 7.05 Å². The molecule has 2 heterocycles. The lowest BCUT2D eigenvalue weighted by molar-refractivity contribution is 0.788. The van der Waals surface area contributed by atoms with Gasteiger partial charge in [-0.25, -0.2) is 4.98 Å². The molecule has 0 radical (unpaired) electrons. The van der Waals surface area contributed by atoms with Gasteiger partial charge in [0.05, 0.1) is 6.20 Å². The summed E-state index contributed by atoms with van der Waals surface area (Å²) in [5, 5.41) is 8.49. The highest BCUT2D eigenvalue weighted by Crippen LogP contribution is 2.31. The van der Waals surface area contributed by atoms with E-state index in [1.807, 2.05) is 11.6 Å². The molecule has 0 unspecified atom stereocenters. The summed E-state index contributed by atoms with van der Waals surface area (Å²) < 4.78 is 3.39. The Kier molecular flexibility index (Phi) is 2.52. The van der Waals surface area contributed by atoms with Crippen LogP contribution in [0.15, 0.2) is 22.0 Å². The summed E-state index contributed by atoms with van der Waals surface area (Å²) in [6.45, 7) is 0. The Morgan fingerprint density at radius 1 is 1.62 bits per heavy atom. The summed E-state index contributed by atoms with van der Waals surface area (Å²) in [5.74, 6) is 0. The zero-order chi connectivity index (χ0) is 9.26. The number of halogens is 1. The highest BCUT2D eigenvalue weighted by Gasteiger charge is 2.06. The van der Waals surface area contributed by atoms with Gasteiger partial charge in [0.15, 0.2) is 9.50 Å². The van der Waals surface area contributed by atoms with Crippen LogP contribution in [0.3, 0.4) is 0 Å². The van der Waals surface area contributed by atoms with Gasteiger partial charge in [-0.15, -0.1) is 10.2 Å². The number of hydrogen-bond donors (Lipinski definition) is 0. The van der Waals surface area contributed by atoms with Crippen molar-refractivity contribution in [3.05, 3.63) is 16.9 Å². The van der Waals surface area contributed by atoms with Gasteiger partial charge in [-0.2, -0.15) is 0 Å². The third kappa shape index (κ3) is 2.01. The first-order valence-electron chi connectivity index (χ1n) is 3.39. The fourth-order valence-electron chi connectivity index (χ4n) is 0.730. The summed E-state index contributed by atoms with van der Waals surface area (Å²) >= 11 is 8.63. The highest BCUT2D eigenvalue weighted by molar-refractivity contribution is 8.00. The minimum Gasteiger partial charge on any atom is -0.311 e. The summed E-state index contributed by atoms with van der Waals surface area (Å²) in [4.78, 5) is 4.10. The smallest absolute Gasteiger partial charge is 0.197 e.